The Balaban J connectivity index is 1.96. The van der Waals surface area contributed by atoms with Gasteiger partial charge in [0.1, 0.15) is 5.69 Å². The standard InChI is InChI=1S/C17H31N5O/c1-13(2)10-14(12-21(3)4)19-17(23)16-7-9-22(20-16)15-6-5-8-18-11-15/h7,9,13-15,18H,5-6,8,10-12H2,1-4H3,(H,19,23). The second kappa shape index (κ2) is 8.45. The minimum Gasteiger partial charge on any atom is -0.347 e. The summed E-state index contributed by atoms with van der Waals surface area (Å²) in [7, 11) is 4.06. The number of nitrogens with one attached hydrogen (secondary N) is 2. The summed E-state index contributed by atoms with van der Waals surface area (Å²) < 4.78 is 1.93. The number of piperidine rings is 1. The number of carbonyl (C=O) groups excluding carboxylic acids is 1. The number of likely N-dealkylation sites (N-methyl/N-ethyl adjacent to an activating group) is 1. The highest BCUT2D eigenvalue weighted by Gasteiger charge is 2.20. The van der Waals surface area contributed by atoms with Crippen molar-refractivity contribution in [2.75, 3.05) is 33.7 Å². The van der Waals surface area contributed by atoms with Crippen molar-refractivity contribution in [3.63, 3.8) is 0 Å². The van der Waals surface area contributed by atoms with Gasteiger partial charge in [-0.05, 0) is 51.9 Å². The summed E-state index contributed by atoms with van der Waals surface area (Å²) >= 11 is 0. The SMILES string of the molecule is CC(C)CC(CN(C)C)NC(=O)c1ccn(C2CCCNC2)n1. The Morgan fingerprint density at radius 2 is 2.30 bits per heavy atom. The number of carbonyl (C=O) groups is 1. The zero-order chi connectivity index (χ0) is 16.8. The van der Waals surface area contributed by atoms with Gasteiger partial charge >= 0.3 is 0 Å². The van der Waals surface area contributed by atoms with Gasteiger partial charge in [-0.1, -0.05) is 13.8 Å². The minimum absolute atomic E-state index is 0.0694. The Bertz CT molecular complexity index is 481. The average Bonchev–Trinajstić information content (AvgIpc) is 2.96. The highest BCUT2D eigenvalue weighted by Crippen LogP contribution is 2.16. The first kappa shape index (κ1) is 17.9. The van der Waals surface area contributed by atoms with Crippen molar-refractivity contribution in [1.29, 1.82) is 0 Å². The number of nitrogens with zero attached hydrogens (tertiary/aromatic N) is 3. The molecule has 1 aliphatic heterocycles. The van der Waals surface area contributed by atoms with Crippen molar-refractivity contribution in [3.8, 4) is 0 Å². The Kier molecular flexibility index (Phi) is 6.59. The molecule has 1 amide bonds. The predicted molar refractivity (Wildman–Crippen MR) is 92.6 cm³/mol. The van der Waals surface area contributed by atoms with Crippen molar-refractivity contribution < 1.29 is 4.79 Å². The van der Waals surface area contributed by atoms with Crippen LogP contribution in [-0.4, -0.2) is 60.4 Å². The van der Waals surface area contributed by atoms with E-state index >= 15 is 0 Å². The van der Waals surface area contributed by atoms with Crippen LogP contribution in [-0.2, 0) is 0 Å². The van der Waals surface area contributed by atoms with Gasteiger partial charge in [-0.25, -0.2) is 0 Å². The first-order chi connectivity index (χ1) is 11.0. The van der Waals surface area contributed by atoms with Crippen LogP contribution in [0.2, 0.25) is 0 Å². The van der Waals surface area contributed by atoms with Gasteiger partial charge in [-0.15, -0.1) is 0 Å². The molecular formula is C17H31N5O. The molecule has 2 unspecified atom stereocenters. The monoisotopic (exact) mass is 321 g/mol. The molecule has 6 heteroatoms. The van der Waals surface area contributed by atoms with Crippen LogP contribution in [0.5, 0.6) is 0 Å². The van der Waals surface area contributed by atoms with Crippen molar-refractivity contribution in [3.05, 3.63) is 18.0 Å². The molecule has 2 N–H and O–H groups in total. The molecule has 23 heavy (non-hydrogen) atoms. The second-order valence-corrected chi connectivity index (χ2v) is 7.24. The van der Waals surface area contributed by atoms with Crippen LogP contribution in [0.4, 0.5) is 0 Å². The van der Waals surface area contributed by atoms with Gasteiger partial charge in [0, 0.05) is 25.3 Å². The fraction of sp³-hybridized carbons (Fsp3) is 0.765. The first-order valence-electron chi connectivity index (χ1n) is 8.67. The fourth-order valence-corrected chi connectivity index (χ4v) is 3.17. The third-order valence-corrected chi connectivity index (χ3v) is 4.16. The van der Waals surface area contributed by atoms with Crippen LogP contribution in [0.25, 0.3) is 0 Å². The molecule has 1 aliphatic rings. The quantitative estimate of drug-likeness (QED) is 0.799. The van der Waals surface area contributed by atoms with E-state index in [1.807, 2.05) is 31.0 Å². The molecule has 0 saturated carbocycles. The van der Waals surface area contributed by atoms with E-state index in [1.54, 1.807) is 0 Å². The van der Waals surface area contributed by atoms with Gasteiger partial charge in [0.15, 0.2) is 0 Å². The van der Waals surface area contributed by atoms with E-state index in [2.05, 4.69) is 34.5 Å². The zero-order valence-electron chi connectivity index (χ0n) is 14.9. The topological polar surface area (TPSA) is 62.2 Å². The highest BCUT2D eigenvalue weighted by atomic mass is 16.2. The minimum atomic E-state index is -0.0694. The number of hydrogen-bond acceptors (Lipinski definition) is 4. The summed E-state index contributed by atoms with van der Waals surface area (Å²) in [6.07, 6.45) is 5.17. The van der Waals surface area contributed by atoms with Crippen LogP contribution in [0.15, 0.2) is 12.3 Å². The average molecular weight is 321 g/mol. The van der Waals surface area contributed by atoms with Crippen molar-refractivity contribution in [1.82, 2.24) is 25.3 Å². The van der Waals surface area contributed by atoms with E-state index in [-0.39, 0.29) is 11.9 Å². The summed E-state index contributed by atoms with van der Waals surface area (Å²) in [4.78, 5) is 14.6. The van der Waals surface area contributed by atoms with Gasteiger partial charge in [0.25, 0.3) is 5.91 Å². The van der Waals surface area contributed by atoms with Crippen LogP contribution in [0.3, 0.4) is 0 Å². The first-order valence-corrected chi connectivity index (χ1v) is 8.67. The van der Waals surface area contributed by atoms with E-state index < -0.39 is 0 Å². The van der Waals surface area contributed by atoms with E-state index in [0.717, 1.165) is 38.9 Å². The Morgan fingerprint density at radius 1 is 1.52 bits per heavy atom. The lowest BCUT2D eigenvalue weighted by Crippen LogP contribution is -2.42. The molecule has 2 heterocycles. The van der Waals surface area contributed by atoms with Gasteiger partial charge in [-0.2, -0.15) is 5.10 Å². The van der Waals surface area contributed by atoms with Gasteiger partial charge in [0.05, 0.1) is 6.04 Å². The summed E-state index contributed by atoms with van der Waals surface area (Å²) in [6, 6.07) is 2.34. The van der Waals surface area contributed by atoms with E-state index in [4.69, 9.17) is 0 Å². The summed E-state index contributed by atoms with van der Waals surface area (Å²) in [5.41, 5.74) is 0.517. The number of rotatable bonds is 7. The molecule has 130 valence electrons. The number of aromatic nitrogens is 2. The Morgan fingerprint density at radius 3 is 2.91 bits per heavy atom. The van der Waals surface area contributed by atoms with E-state index in [0.29, 0.717) is 17.7 Å². The van der Waals surface area contributed by atoms with Crippen LogP contribution >= 0.6 is 0 Å². The molecule has 1 saturated heterocycles. The number of hydrogen-bond donors (Lipinski definition) is 2. The highest BCUT2D eigenvalue weighted by molar-refractivity contribution is 5.92. The molecule has 1 aromatic heterocycles. The van der Waals surface area contributed by atoms with Crippen LogP contribution in [0.1, 0.15) is 49.6 Å². The van der Waals surface area contributed by atoms with Gasteiger partial charge in [-0.3, -0.25) is 9.48 Å². The summed E-state index contributed by atoms with van der Waals surface area (Å²) in [6.45, 7) is 7.21. The molecule has 0 spiro atoms. The summed E-state index contributed by atoms with van der Waals surface area (Å²) in [5.74, 6) is 0.478. The van der Waals surface area contributed by atoms with Crippen LogP contribution in [0, 0.1) is 5.92 Å². The lowest BCUT2D eigenvalue weighted by molar-refractivity contribution is 0.0918. The lowest BCUT2D eigenvalue weighted by Gasteiger charge is -2.24. The molecule has 0 bridgehead atoms. The maximum Gasteiger partial charge on any atom is 0.272 e. The van der Waals surface area contributed by atoms with Crippen LogP contribution < -0.4 is 10.6 Å². The van der Waals surface area contributed by atoms with Crippen molar-refractivity contribution >= 4 is 5.91 Å². The summed E-state index contributed by atoms with van der Waals surface area (Å²) in [5, 5.41) is 11.0. The molecule has 6 nitrogen and oxygen atoms in total. The predicted octanol–water partition coefficient (Wildman–Crippen LogP) is 1.51. The molecule has 0 aromatic carbocycles. The molecule has 0 radical (unpaired) electrons. The molecular weight excluding hydrogens is 290 g/mol. The normalized spacial score (nSPS) is 20.0. The molecule has 2 rings (SSSR count). The largest absolute Gasteiger partial charge is 0.347 e. The Labute approximate surface area is 139 Å². The van der Waals surface area contributed by atoms with E-state index in [1.165, 1.54) is 0 Å². The lowest BCUT2D eigenvalue weighted by atomic mass is 10.0. The molecule has 1 fully saturated rings. The van der Waals surface area contributed by atoms with Crippen molar-refractivity contribution in [2.45, 2.75) is 45.2 Å². The second-order valence-electron chi connectivity index (χ2n) is 7.24. The smallest absolute Gasteiger partial charge is 0.272 e. The third-order valence-electron chi connectivity index (χ3n) is 4.16. The molecule has 2 atom stereocenters. The van der Waals surface area contributed by atoms with Crippen molar-refractivity contribution in [2.24, 2.45) is 5.92 Å². The van der Waals surface area contributed by atoms with E-state index in [9.17, 15) is 4.79 Å². The fourth-order valence-electron chi connectivity index (χ4n) is 3.17. The maximum atomic E-state index is 12.5. The maximum absolute atomic E-state index is 12.5. The van der Waals surface area contributed by atoms with Gasteiger partial charge in [0.2, 0.25) is 0 Å². The molecule has 1 aromatic rings. The molecule has 0 aliphatic carbocycles. The number of amides is 1. The Hall–Kier alpha value is -1.40. The zero-order valence-corrected chi connectivity index (χ0v) is 14.9. The van der Waals surface area contributed by atoms with Gasteiger partial charge < -0.3 is 15.5 Å². The third kappa shape index (κ3) is 5.62.